The molecule has 0 spiro atoms. The molecule has 0 aromatic rings. The molecule has 5 unspecified atom stereocenters. The van der Waals surface area contributed by atoms with Crippen molar-refractivity contribution in [3.8, 4) is 0 Å². The van der Waals surface area contributed by atoms with Gasteiger partial charge in [0.1, 0.15) is 0 Å². The van der Waals surface area contributed by atoms with Crippen molar-refractivity contribution in [1.82, 2.24) is 0 Å². The monoisotopic (exact) mass is 556 g/mol. The number of rotatable bonds is 0. The smallest absolute Gasteiger partial charge is 0.0661 e. The minimum atomic E-state index is -0.403. The normalized spacial score (nSPS) is 49.7. The van der Waals surface area contributed by atoms with Crippen molar-refractivity contribution in [2.45, 2.75) is 71.5 Å². The lowest BCUT2D eigenvalue weighted by molar-refractivity contribution is -0.0522. The maximum Gasteiger partial charge on any atom is 0.0661 e. The summed E-state index contributed by atoms with van der Waals surface area (Å²) >= 11 is 4.24. The van der Waals surface area contributed by atoms with Crippen LogP contribution in [0.5, 0.6) is 0 Å². The summed E-state index contributed by atoms with van der Waals surface area (Å²) in [5.41, 5.74) is 3.21. The predicted octanol–water partition coefficient (Wildman–Crippen LogP) is 5.61. The topological polar surface area (TPSA) is 40.5 Å². The lowest BCUT2D eigenvalue weighted by Gasteiger charge is -2.56. The standard InChI is InChI=1S/C20H30O2.I2/c1-12-4-7-16-15-6-5-13-10-14(21)11-18(22)20(13,3)17(15)8-9-19(12,16)2;1-2/h5-6,12,14,16-18,21-22H,4,7-11H2,1-3H3;/t12-,14?,16?,17?,18?,19+,20?;/m0./s1. The van der Waals surface area contributed by atoms with Crippen LogP contribution in [-0.4, -0.2) is 22.4 Å². The molecule has 4 aliphatic rings. The highest BCUT2D eigenvalue weighted by Crippen LogP contribution is 2.64. The van der Waals surface area contributed by atoms with E-state index in [2.05, 4.69) is 70.2 Å². The minimum Gasteiger partial charge on any atom is -0.393 e. The molecule has 24 heavy (non-hydrogen) atoms. The zero-order chi connectivity index (χ0) is 17.7. The summed E-state index contributed by atoms with van der Waals surface area (Å²) in [6, 6.07) is 0. The average molecular weight is 556 g/mol. The van der Waals surface area contributed by atoms with Crippen molar-refractivity contribution >= 4 is 37.2 Å². The van der Waals surface area contributed by atoms with Crippen LogP contribution in [0.15, 0.2) is 23.3 Å². The number of aliphatic hydroxyl groups excluding tert-OH is 2. The maximum absolute atomic E-state index is 10.8. The molecule has 4 aliphatic carbocycles. The molecule has 2 nitrogen and oxygen atoms in total. The molecule has 2 N–H and O–H groups in total. The Balaban J connectivity index is 0.000000815. The van der Waals surface area contributed by atoms with E-state index in [0.29, 0.717) is 23.7 Å². The van der Waals surface area contributed by atoms with Crippen molar-refractivity contribution in [2.24, 2.45) is 28.6 Å². The summed E-state index contributed by atoms with van der Waals surface area (Å²) in [5.74, 6) is 2.00. The second-order valence-electron chi connectivity index (χ2n) is 8.88. The van der Waals surface area contributed by atoms with E-state index in [1.165, 1.54) is 31.3 Å². The molecule has 0 radical (unpaired) electrons. The van der Waals surface area contributed by atoms with Gasteiger partial charge in [-0.15, -0.1) is 0 Å². The van der Waals surface area contributed by atoms with Crippen LogP contribution in [0.25, 0.3) is 0 Å². The lowest BCUT2D eigenvalue weighted by atomic mass is 9.50. The highest BCUT2D eigenvalue weighted by atomic mass is 128. The first-order valence-electron chi connectivity index (χ1n) is 9.29. The Morgan fingerprint density at radius 2 is 1.75 bits per heavy atom. The molecule has 4 heteroatoms. The van der Waals surface area contributed by atoms with Crippen LogP contribution in [0.4, 0.5) is 0 Å². The van der Waals surface area contributed by atoms with Crippen LogP contribution >= 0.6 is 37.2 Å². The molecule has 0 heterocycles. The van der Waals surface area contributed by atoms with E-state index in [-0.39, 0.29) is 11.5 Å². The van der Waals surface area contributed by atoms with Crippen LogP contribution in [0.1, 0.15) is 59.3 Å². The van der Waals surface area contributed by atoms with E-state index >= 15 is 0 Å². The molecular weight excluding hydrogens is 526 g/mol. The van der Waals surface area contributed by atoms with Crippen molar-refractivity contribution in [2.75, 3.05) is 0 Å². The molecule has 0 aromatic heterocycles. The van der Waals surface area contributed by atoms with Gasteiger partial charge in [0.15, 0.2) is 0 Å². The largest absolute Gasteiger partial charge is 0.393 e. The number of aliphatic hydroxyl groups is 2. The SMILES string of the molecule is C[C@H]1CCC2C3=CC=C4CC(O)CC(O)C4(C)C3CC[C@@]21C.II. The fourth-order valence-electron chi connectivity index (χ4n) is 6.30. The Labute approximate surface area is 169 Å². The minimum absolute atomic E-state index is 0.142. The van der Waals surface area contributed by atoms with Gasteiger partial charge in [-0.2, -0.15) is 0 Å². The van der Waals surface area contributed by atoms with Crippen LogP contribution < -0.4 is 0 Å². The summed E-state index contributed by atoms with van der Waals surface area (Å²) in [7, 11) is 0. The van der Waals surface area contributed by atoms with Gasteiger partial charge in [0, 0.05) is 49.1 Å². The Morgan fingerprint density at radius 1 is 1.04 bits per heavy atom. The Morgan fingerprint density at radius 3 is 2.46 bits per heavy atom. The molecule has 136 valence electrons. The van der Waals surface area contributed by atoms with Gasteiger partial charge in [0.2, 0.25) is 0 Å². The summed E-state index contributed by atoms with van der Waals surface area (Å²) < 4.78 is 0. The maximum atomic E-state index is 10.8. The summed E-state index contributed by atoms with van der Waals surface area (Å²) in [6.07, 6.45) is 10.3. The van der Waals surface area contributed by atoms with Gasteiger partial charge >= 0.3 is 0 Å². The van der Waals surface area contributed by atoms with Gasteiger partial charge in [-0.05, 0) is 55.3 Å². The zero-order valence-corrected chi connectivity index (χ0v) is 19.2. The van der Waals surface area contributed by atoms with E-state index in [0.717, 1.165) is 12.3 Å². The highest BCUT2D eigenvalue weighted by molar-refractivity contribution is 15.0. The van der Waals surface area contributed by atoms with Crippen molar-refractivity contribution in [1.29, 1.82) is 0 Å². The molecular formula is C20H30I2O2. The van der Waals surface area contributed by atoms with Gasteiger partial charge in [0.25, 0.3) is 0 Å². The van der Waals surface area contributed by atoms with E-state index in [9.17, 15) is 10.2 Å². The predicted molar refractivity (Wildman–Crippen MR) is 116 cm³/mol. The van der Waals surface area contributed by atoms with Gasteiger partial charge in [0.05, 0.1) is 12.2 Å². The van der Waals surface area contributed by atoms with Crippen LogP contribution in [0.2, 0.25) is 0 Å². The number of allylic oxidation sites excluding steroid dienone is 3. The number of hydrogen-bond donors (Lipinski definition) is 2. The quantitative estimate of drug-likeness (QED) is 0.381. The second-order valence-corrected chi connectivity index (χ2v) is 8.88. The van der Waals surface area contributed by atoms with Gasteiger partial charge in [-0.1, -0.05) is 44.1 Å². The highest BCUT2D eigenvalue weighted by Gasteiger charge is 2.57. The summed E-state index contributed by atoms with van der Waals surface area (Å²) in [4.78, 5) is 0. The molecule has 0 aliphatic heterocycles. The zero-order valence-electron chi connectivity index (χ0n) is 14.9. The molecule has 3 saturated carbocycles. The first kappa shape index (κ1) is 19.6. The van der Waals surface area contributed by atoms with Gasteiger partial charge in [-0.25, -0.2) is 0 Å². The Hall–Kier alpha value is 0.860. The molecule has 4 rings (SSSR count). The van der Waals surface area contributed by atoms with E-state index in [1.54, 1.807) is 5.57 Å². The fourth-order valence-corrected chi connectivity index (χ4v) is 6.30. The van der Waals surface area contributed by atoms with E-state index < -0.39 is 6.10 Å². The molecule has 3 fully saturated rings. The van der Waals surface area contributed by atoms with E-state index in [1.807, 2.05) is 0 Å². The summed E-state index contributed by atoms with van der Waals surface area (Å²) in [5, 5.41) is 20.8. The first-order chi connectivity index (χ1) is 11.4. The van der Waals surface area contributed by atoms with Crippen molar-refractivity contribution in [3.63, 3.8) is 0 Å². The van der Waals surface area contributed by atoms with Crippen molar-refractivity contribution in [3.05, 3.63) is 23.3 Å². The first-order valence-corrected chi connectivity index (χ1v) is 15.6. The lowest BCUT2D eigenvalue weighted by Crippen LogP contribution is -2.52. The molecule has 0 aromatic carbocycles. The van der Waals surface area contributed by atoms with Gasteiger partial charge in [-0.3, -0.25) is 0 Å². The molecule has 7 atom stereocenters. The van der Waals surface area contributed by atoms with Crippen LogP contribution in [-0.2, 0) is 0 Å². The molecule has 0 amide bonds. The Bertz CT molecular complexity index is 558. The number of hydrogen-bond acceptors (Lipinski definition) is 2. The molecule has 0 bridgehead atoms. The Kier molecular flexibility index (Phi) is 5.82. The van der Waals surface area contributed by atoms with E-state index in [4.69, 9.17) is 0 Å². The third-order valence-corrected chi connectivity index (χ3v) is 8.12. The third-order valence-electron chi connectivity index (χ3n) is 8.12. The second kappa shape index (κ2) is 7.12. The van der Waals surface area contributed by atoms with Crippen molar-refractivity contribution < 1.29 is 10.2 Å². The van der Waals surface area contributed by atoms with Crippen LogP contribution in [0.3, 0.4) is 0 Å². The fraction of sp³-hybridized carbons (Fsp3) is 0.800. The van der Waals surface area contributed by atoms with Crippen LogP contribution in [0, 0.1) is 28.6 Å². The third kappa shape index (κ3) is 2.76. The average Bonchev–Trinajstić information content (AvgIpc) is 2.86. The summed E-state index contributed by atoms with van der Waals surface area (Å²) in [6.45, 7) is 7.18. The number of fused-ring (bicyclic) bond motifs is 5. The van der Waals surface area contributed by atoms with Gasteiger partial charge < -0.3 is 10.2 Å². The molecule has 0 saturated heterocycles. The number of halogens is 2.